The zero-order chi connectivity index (χ0) is 9.54. The third-order valence-electron chi connectivity index (χ3n) is 2.48. The van der Waals surface area contributed by atoms with Crippen molar-refractivity contribution < 1.29 is 0 Å². The molecule has 0 unspecified atom stereocenters. The first-order valence-electron chi connectivity index (χ1n) is 4.59. The van der Waals surface area contributed by atoms with Crippen LogP contribution < -0.4 is 0 Å². The average Bonchev–Trinajstić information content (AvgIpc) is 2.57. The lowest BCUT2D eigenvalue weighted by molar-refractivity contribution is 1.24. The Morgan fingerprint density at radius 2 is 1.93 bits per heavy atom. The van der Waals surface area contributed by atoms with Gasteiger partial charge in [-0.2, -0.15) is 0 Å². The fraction of sp³-hybridized carbons (Fsp3) is 0.0833. The van der Waals surface area contributed by atoms with Crippen molar-refractivity contribution in [1.29, 1.82) is 0 Å². The number of hydrogen-bond acceptors (Lipinski definition) is 2. The van der Waals surface area contributed by atoms with E-state index in [-0.39, 0.29) is 0 Å². The highest BCUT2D eigenvalue weighted by Crippen LogP contribution is 2.34. The summed E-state index contributed by atoms with van der Waals surface area (Å²) in [5.74, 6) is 0. The van der Waals surface area contributed by atoms with Gasteiger partial charge >= 0.3 is 0 Å². The van der Waals surface area contributed by atoms with Crippen LogP contribution in [0.5, 0.6) is 0 Å². The molecule has 0 fully saturated rings. The van der Waals surface area contributed by atoms with E-state index in [0.717, 1.165) is 5.69 Å². The van der Waals surface area contributed by atoms with Crippen molar-refractivity contribution in [2.75, 3.05) is 0 Å². The van der Waals surface area contributed by atoms with Gasteiger partial charge in [-0.25, -0.2) is 0 Å². The Bertz CT molecular complexity index is 610. The molecular formula is C12H9NS. The third-order valence-corrected chi connectivity index (χ3v) is 3.61. The molecule has 0 spiro atoms. The summed E-state index contributed by atoms with van der Waals surface area (Å²) in [6, 6.07) is 10.6. The molecule has 2 heteroatoms. The zero-order valence-electron chi connectivity index (χ0n) is 7.82. The first kappa shape index (κ1) is 7.94. The molecule has 0 saturated carbocycles. The molecule has 1 nitrogen and oxygen atoms in total. The van der Waals surface area contributed by atoms with Crippen LogP contribution in [0.15, 0.2) is 36.5 Å². The fourth-order valence-corrected chi connectivity index (χ4v) is 2.99. The number of aromatic nitrogens is 1. The largest absolute Gasteiger partial charge is 0.261 e. The first-order chi connectivity index (χ1) is 6.86. The van der Waals surface area contributed by atoms with Crippen LogP contribution in [0.4, 0.5) is 0 Å². The quantitative estimate of drug-likeness (QED) is 0.537. The Labute approximate surface area is 86.0 Å². The van der Waals surface area contributed by atoms with E-state index in [4.69, 9.17) is 0 Å². The molecule has 0 bridgehead atoms. The van der Waals surface area contributed by atoms with Gasteiger partial charge in [0.25, 0.3) is 0 Å². The van der Waals surface area contributed by atoms with E-state index in [9.17, 15) is 0 Å². The van der Waals surface area contributed by atoms with Gasteiger partial charge < -0.3 is 0 Å². The van der Waals surface area contributed by atoms with E-state index in [1.165, 1.54) is 20.2 Å². The van der Waals surface area contributed by atoms with Gasteiger partial charge in [-0.15, -0.1) is 11.3 Å². The van der Waals surface area contributed by atoms with Crippen molar-refractivity contribution in [2.24, 2.45) is 0 Å². The van der Waals surface area contributed by atoms with Crippen LogP contribution in [0.1, 0.15) is 5.69 Å². The van der Waals surface area contributed by atoms with E-state index in [2.05, 4.69) is 42.2 Å². The number of hydrogen-bond donors (Lipinski definition) is 0. The predicted octanol–water partition coefficient (Wildman–Crippen LogP) is 3.76. The molecule has 2 aromatic heterocycles. The van der Waals surface area contributed by atoms with Crippen LogP contribution in [-0.2, 0) is 0 Å². The first-order valence-corrected chi connectivity index (χ1v) is 5.41. The molecule has 0 aliphatic carbocycles. The Hall–Kier alpha value is -1.41. The van der Waals surface area contributed by atoms with Gasteiger partial charge in [-0.1, -0.05) is 18.2 Å². The Morgan fingerprint density at radius 1 is 1.07 bits per heavy atom. The maximum Gasteiger partial charge on any atom is 0.0465 e. The highest BCUT2D eigenvalue weighted by atomic mass is 32.1. The summed E-state index contributed by atoms with van der Waals surface area (Å²) in [6.07, 6.45) is 1.88. The van der Waals surface area contributed by atoms with Crippen molar-refractivity contribution in [3.63, 3.8) is 0 Å². The summed E-state index contributed by atoms with van der Waals surface area (Å²) in [6.45, 7) is 2.07. The minimum absolute atomic E-state index is 1.12. The lowest BCUT2D eigenvalue weighted by atomic mass is 10.1. The van der Waals surface area contributed by atoms with E-state index < -0.39 is 0 Å². The monoisotopic (exact) mass is 199 g/mol. The molecule has 0 aliphatic heterocycles. The molecule has 0 N–H and O–H groups in total. The van der Waals surface area contributed by atoms with Gasteiger partial charge in [0.2, 0.25) is 0 Å². The number of nitrogens with zero attached hydrogens (tertiary/aromatic N) is 1. The number of fused-ring (bicyclic) bond motifs is 3. The van der Waals surface area contributed by atoms with Gasteiger partial charge in [0.15, 0.2) is 0 Å². The van der Waals surface area contributed by atoms with E-state index in [1.54, 1.807) is 0 Å². The van der Waals surface area contributed by atoms with Crippen LogP contribution in [0, 0.1) is 6.92 Å². The molecule has 68 valence electrons. The van der Waals surface area contributed by atoms with E-state index in [0.29, 0.717) is 0 Å². The number of benzene rings is 1. The zero-order valence-corrected chi connectivity index (χ0v) is 8.64. The number of thiophene rings is 1. The van der Waals surface area contributed by atoms with Crippen molar-refractivity contribution in [3.8, 4) is 0 Å². The second-order valence-corrected chi connectivity index (χ2v) is 4.45. The molecule has 2 heterocycles. The standard InChI is InChI=1S/C12H9NS/c1-8-12-9-4-2-3-5-10(9)14-11(12)6-7-13-8/h2-7H,1H3. The van der Waals surface area contributed by atoms with Gasteiger partial charge in [0.1, 0.15) is 0 Å². The number of aryl methyl sites for hydroxylation is 1. The van der Waals surface area contributed by atoms with Crippen molar-refractivity contribution in [2.45, 2.75) is 6.92 Å². The molecular weight excluding hydrogens is 190 g/mol. The lowest BCUT2D eigenvalue weighted by Crippen LogP contribution is -1.78. The van der Waals surface area contributed by atoms with Gasteiger partial charge in [0, 0.05) is 32.1 Å². The Balaban J connectivity index is 2.65. The molecule has 0 amide bonds. The van der Waals surface area contributed by atoms with Crippen LogP contribution in [0.25, 0.3) is 20.2 Å². The second kappa shape index (κ2) is 2.79. The number of rotatable bonds is 0. The minimum atomic E-state index is 1.12. The summed E-state index contributed by atoms with van der Waals surface area (Å²) in [7, 11) is 0. The molecule has 3 rings (SSSR count). The smallest absolute Gasteiger partial charge is 0.0465 e. The Morgan fingerprint density at radius 3 is 2.86 bits per heavy atom. The lowest BCUT2D eigenvalue weighted by Gasteiger charge is -1.94. The van der Waals surface area contributed by atoms with Gasteiger partial charge in [-0.05, 0) is 19.1 Å². The van der Waals surface area contributed by atoms with Crippen molar-refractivity contribution in [1.82, 2.24) is 4.98 Å². The second-order valence-electron chi connectivity index (χ2n) is 3.37. The van der Waals surface area contributed by atoms with E-state index >= 15 is 0 Å². The summed E-state index contributed by atoms with van der Waals surface area (Å²) in [5.41, 5.74) is 1.12. The molecule has 3 aromatic rings. The summed E-state index contributed by atoms with van der Waals surface area (Å²) in [5, 5.41) is 2.64. The van der Waals surface area contributed by atoms with Crippen molar-refractivity contribution >= 4 is 31.5 Å². The average molecular weight is 199 g/mol. The Kier molecular flexibility index (Phi) is 1.58. The normalized spacial score (nSPS) is 11.2. The predicted molar refractivity (Wildman–Crippen MR) is 61.9 cm³/mol. The van der Waals surface area contributed by atoms with Crippen LogP contribution >= 0.6 is 11.3 Å². The number of pyridine rings is 1. The molecule has 0 atom stereocenters. The summed E-state index contributed by atoms with van der Waals surface area (Å²) < 4.78 is 2.68. The minimum Gasteiger partial charge on any atom is -0.261 e. The highest BCUT2D eigenvalue weighted by Gasteiger charge is 2.05. The third kappa shape index (κ3) is 0.976. The molecule has 0 aliphatic rings. The van der Waals surface area contributed by atoms with E-state index in [1.807, 2.05) is 17.5 Å². The van der Waals surface area contributed by atoms with Crippen LogP contribution in [-0.4, -0.2) is 4.98 Å². The highest BCUT2D eigenvalue weighted by molar-refractivity contribution is 7.25. The molecule has 14 heavy (non-hydrogen) atoms. The molecule has 0 saturated heterocycles. The van der Waals surface area contributed by atoms with Gasteiger partial charge in [-0.3, -0.25) is 4.98 Å². The fourth-order valence-electron chi connectivity index (χ4n) is 1.84. The molecule has 0 radical (unpaired) electrons. The van der Waals surface area contributed by atoms with Crippen LogP contribution in [0.3, 0.4) is 0 Å². The SMILES string of the molecule is Cc1nccc2sc3ccccc3c12. The van der Waals surface area contributed by atoms with Crippen molar-refractivity contribution in [3.05, 3.63) is 42.2 Å². The van der Waals surface area contributed by atoms with Gasteiger partial charge in [0.05, 0.1) is 0 Å². The maximum absolute atomic E-state index is 4.34. The maximum atomic E-state index is 4.34. The van der Waals surface area contributed by atoms with Crippen LogP contribution in [0.2, 0.25) is 0 Å². The topological polar surface area (TPSA) is 12.9 Å². The summed E-state index contributed by atoms with van der Waals surface area (Å²) >= 11 is 1.84. The molecule has 1 aromatic carbocycles. The summed E-state index contributed by atoms with van der Waals surface area (Å²) in [4.78, 5) is 4.34.